The summed E-state index contributed by atoms with van der Waals surface area (Å²) in [4.78, 5) is 12.6. The normalized spacial score (nSPS) is 22.7. The third-order valence-electron chi connectivity index (χ3n) is 4.72. The first-order valence-corrected chi connectivity index (χ1v) is 8.40. The Bertz CT molecular complexity index is 685. The number of benzene rings is 2. The number of piperidine rings is 1. The van der Waals surface area contributed by atoms with Gasteiger partial charge in [-0.1, -0.05) is 36.4 Å². The molecule has 1 heterocycles. The first kappa shape index (κ1) is 16.0. The highest BCUT2D eigenvalue weighted by Crippen LogP contribution is 2.22. The fraction of sp³-hybridized carbons (Fsp3) is 0.421. The van der Waals surface area contributed by atoms with Crippen molar-refractivity contribution in [2.45, 2.75) is 31.8 Å². The summed E-state index contributed by atoms with van der Waals surface area (Å²) in [6, 6.07) is 14.8. The van der Waals surface area contributed by atoms with E-state index in [0.29, 0.717) is 12.6 Å². The number of amides is 1. The van der Waals surface area contributed by atoms with Crippen LogP contribution in [0.4, 0.5) is 0 Å². The average Bonchev–Trinajstić information content (AvgIpc) is 2.59. The minimum absolute atomic E-state index is 0.0840. The minimum Gasteiger partial charge on any atom is -0.348 e. The standard InChI is InChI=1S/C19H25N3O/c1-13-10-17(8-9-21-13)19(23)22-18(12-20)16-7-6-14-4-2-3-5-15(14)11-16/h2-7,11,13,17-18,21H,8-10,12,20H2,1H3,(H,22,23)/t13-,17-,18?/m0/s1. The van der Waals surface area contributed by atoms with Gasteiger partial charge in [-0.3, -0.25) is 4.79 Å². The lowest BCUT2D eigenvalue weighted by Gasteiger charge is -2.29. The second-order valence-corrected chi connectivity index (χ2v) is 6.48. The molecule has 1 saturated heterocycles. The van der Waals surface area contributed by atoms with E-state index in [9.17, 15) is 4.79 Å². The SMILES string of the molecule is C[C@H]1C[C@@H](C(=O)NC(CN)c2ccc3ccccc3c2)CCN1. The van der Waals surface area contributed by atoms with Crippen molar-refractivity contribution in [2.24, 2.45) is 11.7 Å². The molecule has 1 aliphatic heterocycles. The van der Waals surface area contributed by atoms with Crippen LogP contribution in [0.25, 0.3) is 10.8 Å². The number of fused-ring (bicyclic) bond motifs is 1. The molecule has 1 fully saturated rings. The van der Waals surface area contributed by atoms with E-state index in [1.807, 2.05) is 12.1 Å². The van der Waals surface area contributed by atoms with E-state index in [-0.39, 0.29) is 17.9 Å². The molecule has 4 N–H and O–H groups in total. The number of carbonyl (C=O) groups is 1. The van der Waals surface area contributed by atoms with Crippen molar-refractivity contribution in [3.8, 4) is 0 Å². The monoisotopic (exact) mass is 311 g/mol. The summed E-state index contributed by atoms with van der Waals surface area (Å²) >= 11 is 0. The lowest BCUT2D eigenvalue weighted by atomic mass is 9.92. The summed E-state index contributed by atoms with van der Waals surface area (Å²) in [5.74, 6) is 0.211. The smallest absolute Gasteiger partial charge is 0.223 e. The van der Waals surface area contributed by atoms with Crippen LogP contribution < -0.4 is 16.4 Å². The molecule has 1 unspecified atom stereocenters. The van der Waals surface area contributed by atoms with Gasteiger partial charge >= 0.3 is 0 Å². The van der Waals surface area contributed by atoms with E-state index in [0.717, 1.165) is 24.9 Å². The van der Waals surface area contributed by atoms with Gasteiger partial charge in [-0.2, -0.15) is 0 Å². The highest BCUT2D eigenvalue weighted by Gasteiger charge is 2.26. The van der Waals surface area contributed by atoms with Gasteiger partial charge in [0.25, 0.3) is 0 Å². The van der Waals surface area contributed by atoms with Gasteiger partial charge in [-0.05, 0) is 48.7 Å². The Morgan fingerprint density at radius 3 is 2.83 bits per heavy atom. The second kappa shape index (κ2) is 7.11. The quantitative estimate of drug-likeness (QED) is 0.812. The fourth-order valence-electron chi connectivity index (χ4n) is 3.36. The van der Waals surface area contributed by atoms with Gasteiger partial charge in [0.1, 0.15) is 0 Å². The fourth-order valence-corrected chi connectivity index (χ4v) is 3.36. The number of carbonyl (C=O) groups excluding carboxylic acids is 1. The van der Waals surface area contributed by atoms with Gasteiger partial charge in [-0.15, -0.1) is 0 Å². The lowest BCUT2D eigenvalue weighted by molar-refractivity contribution is -0.126. The molecule has 1 aliphatic rings. The van der Waals surface area contributed by atoms with E-state index in [1.54, 1.807) is 0 Å². The molecule has 0 aromatic heterocycles. The minimum atomic E-state index is -0.128. The molecule has 0 saturated carbocycles. The summed E-state index contributed by atoms with van der Waals surface area (Å²) < 4.78 is 0. The molecule has 1 amide bonds. The van der Waals surface area contributed by atoms with Crippen LogP contribution in [0.15, 0.2) is 42.5 Å². The van der Waals surface area contributed by atoms with Crippen molar-refractivity contribution in [3.63, 3.8) is 0 Å². The molecule has 0 aliphatic carbocycles. The third-order valence-corrected chi connectivity index (χ3v) is 4.72. The highest BCUT2D eigenvalue weighted by molar-refractivity contribution is 5.83. The van der Waals surface area contributed by atoms with Crippen LogP contribution in [0.3, 0.4) is 0 Å². The van der Waals surface area contributed by atoms with E-state index in [4.69, 9.17) is 5.73 Å². The van der Waals surface area contributed by atoms with Crippen molar-refractivity contribution < 1.29 is 4.79 Å². The van der Waals surface area contributed by atoms with Gasteiger partial charge in [0.05, 0.1) is 6.04 Å². The molecule has 0 bridgehead atoms. The summed E-state index contributed by atoms with van der Waals surface area (Å²) in [6.07, 6.45) is 1.78. The lowest BCUT2D eigenvalue weighted by Crippen LogP contribution is -2.44. The van der Waals surface area contributed by atoms with Crippen molar-refractivity contribution in [1.82, 2.24) is 10.6 Å². The first-order valence-electron chi connectivity index (χ1n) is 8.40. The summed E-state index contributed by atoms with van der Waals surface area (Å²) in [5.41, 5.74) is 7.00. The van der Waals surface area contributed by atoms with Crippen LogP contribution in [0.1, 0.15) is 31.4 Å². The maximum atomic E-state index is 12.6. The number of hydrogen-bond acceptors (Lipinski definition) is 3. The maximum absolute atomic E-state index is 12.6. The molecule has 122 valence electrons. The largest absolute Gasteiger partial charge is 0.348 e. The molecule has 4 nitrogen and oxygen atoms in total. The van der Waals surface area contributed by atoms with Crippen molar-refractivity contribution in [2.75, 3.05) is 13.1 Å². The third kappa shape index (κ3) is 3.71. The Balaban J connectivity index is 1.74. The van der Waals surface area contributed by atoms with Gasteiger partial charge in [0, 0.05) is 18.5 Å². The Kier molecular flexibility index (Phi) is 4.94. The zero-order valence-electron chi connectivity index (χ0n) is 13.6. The predicted molar refractivity (Wildman–Crippen MR) is 94.1 cm³/mol. The van der Waals surface area contributed by atoms with E-state index >= 15 is 0 Å². The van der Waals surface area contributed by atoms with Crippen LogP contribution in [-0.2, 0) is 4.79 Å². The Morgan fingerprint density at radius 2 is 2.09 bits per heavy atom. The highest BCUT2D eigenvalue weighted by atomic mass is 16.1. The van der Waals surface area contributed by atoms with Crippen molar-refractivity contribution in [1.29, 1.82) is 0 Å². The topological polar surface area (TPSA) is 67.2 Å². The second-order valence-electron chi connectivity index (χ2n) is 6.48. The Labute approximate surface area is 137 Å². The van der Waals surface area contributed by atoms with Crippen LogP contribution in [0, 0.1) is 5.92 Å². The summed E-state index contributed by atoms with van der Waals surface area (Å²) in [5, 5.41) is 8.90. The summed E-state index contributed by atoms with van der Waals surface area (Å²) in [7, 11) is 0. The summed E-state index contributed by atoms with van der Waals surface area (Å²) in [6.45, 7) is 3.44. The van der Waals surface area contributed by atoms with Crippen LogP contribution in [0.5, 0.6) is 0 Å². The number of rotatable bonds is 4. The molecule has 3 rings (SSSR count). The van der Waals surface area contributed by atoms with Crippen molar-refractivity contribution in [3.05, 3.63) is 48.0 Å². The molecule has 0 radical (unpaired) electrons. The van der Waals surface area contributed by atoms with Gasteiger partial charge in [0.2, 0.25) is 5.91 Å². The molecule has 4 heteroatoms. The van der Waals surface area contributed by atoms with Crippen LogP contribution >= 0.6 is 0 Å². The molecule has 3 atom stereocenters. The average molecular weight is 311 g/mol. The number of nitrogens with two attached hydrogens (primary N) is 1. The first-order chi connectivity index (χ1) is 11.2. The number of hydrogen-bond donors (Lipinski definition) is 3. The zero-order valence-corrected chi connectivity index (χ0v) is 13.6. The van der Waals surface area contributed by atoms with Gasteiger partial charge in [-0.25, -0.2) is 0 Å². The molecule has 0 spiro atoms. The molecule has 23 heavy (non-hydrogen) atoms. The van der Waals surface area contributed by atoms with Crippen LogP contribution in [-0.4, -0.2) is 25.0 Å². The zero-order chi connectivity index (χ0) is 16.2. The molecular weight excluding hydrogens is 286 g/mol. The molecule has 2 aromatic rings. The molecule has 2 aromatic carbocycles. The van der Waals surface area contributed by atoms with Crippen LogP contribution in [0.2, 0.25) is 0 Å². The molecular formula is C19H25N3O. The van der Waals surface area contributed by atoms with Crippen molar-refractivity contribution >= 4 is 16.7 Å². The maximum Gasteiger partial charge on any atom is 0.223 e. The number of nitrogens with one attached hydrogen (secondary N) is 2. The van der Waals surface area contributed by atoms with E-state index in [1.165, 1.54) is 10.8 Å². The Hall–Kier alpha value is -1.91. The Morgan fingerprint density at radius 1 is 1.30 bits per heavy atom. The van der Waals surface area contributed by atoms with E-state index in [2.05, 4.69) is 47.9 Å². The van der Waals surface area contributed by atoms with Gasteiger partial charge < -0.3 is 16.4 Å². The van der Waals surface area contributed by atoms with E-state index < -0.39 is 0 Å². The predicted octanol–water partition coefficient (Wildman–Crippen LogP) is 2.34. The van der Waals surface area contributed by atoms with Gasteiger partial charge in [0.15, 0.2) is 0 Å².